The minimum atomic E-state index is -0.582. The summed E-state index contributed by atoms with van der Waals surface area (Å²) in [5, 5.41) is 0.748. The van der Waals surface area contributed by atoms with Crippen LogP contribution in [0.4, 0.5) is 0 Å². The second kappa shape index (κ2) is 6.59. The first-order valence-corrected chi connectivity index (χ1v) is 9.07. The molecule has 0 N–H and O–H groups in total. The largest absolute Gasteiger partial charge is 0.298 e. The molecule has 3 rings (SSSR count). The van der Waals surface area contributed by atoms with Crippen molar-refractivity contribution in [1.82, 2.24) is 9.36 Å². The molecule has 0 saturated carbocycles. The van der Waals surface area contributed by atoms with E-state index in [9.17, 15) is 4.79 Å². The number of carbonyl (C=O) groups is 1. The van der Waals surface area contributed by atoms with Crippen molar-refractivity contribution in [3.63, 3.8) is 0 Å². The van der Waals surface area contributed by atoms with Gasteiger partial charge >= 0.3 is 0 Å². The summed E-state index contributed by atoms with van der Waals surface area (Å²) in [5.74, 6) is 1.40. The maximum atomic E-state index is 13.1. The molecule has 2 heterocycles. The standard InChI is InChI=1S/C19H22N4OS/c1-6-15-14(8-7-13-9-20-11(2)21-10-13)16(17(24)19(15,4)5)18-22-12(3)23-25-18/h6-9,13,16H,1,10H2,2-5H3/b8-7+. The highest BCUT2D eigenvalue weighted by Gasteiger charge is 2.47. The van der Waals surface area contributed by atoms with E-state index in [1.165, 1.54) is 11.5 Å². The van der Waals surface area contributed by atoms with Gasteiger partial charge < -0.3 is 0 Å². The van der Waals surface area contributed by atoms with E-state index in [2.05, 4.69) is 32.0 Å². The number of aromatic nitrogens is 2. The number of allylic oxidation sites excluding steroid dienone is 4. The molecule has 5 nitrogen and oxygen atoms in total. The van der Waals surface area contributed by atoms with Gasteiger partial charge in [-0.15, -0.1) is 0 Å². The summed E-state index contributed by atoms with van der Waals surface area (Å²) < 4.78 is 4.25. The van der Waals surface area contributed by atoms with Gasteiger partial charge in [0.15, 0.2) is 5.78 Å². The van der Waals surface area contributed by atoms with E-state index in [1.807, 2.05) is 40.0 Å². The van der Waals surface area contributed by atoms with E-state index in [0.29, 0.717) is 12.4 Å². The minimum absolute atomic E-state index is 0.137. The van der Waals surface area contributed by atoms with E-state index in [-0.39, 0.29) is 17.6 Å². The molecular weight excluding hydrogens is 332 g/mol. The number of aryl methyl sites for hydroxylation is 1. The third-order valence-corrected chi connectivity index (χ3v) is 5.54. The Morgan fingerprint density at radius 1 is 1.36 bits per heavy atom. The van der Waals surface area contributed by atoms with Crippen molar-refractivity contribution in [2.75, 3.05) is 6.54 Å². The molecule has 0 fully saturated rings. The van der Waals surface area contributed by atoms with Crippen LogP contribution in [-0.4, -0.2) is 33.7 Å². The van der Waals surface area contributed by atoms with E-state index in [4.69, 9.17) is 0 Å². The lowest BCUT2D eigenvalue weighted by atomic mass is 9.83. The fraction of sp³-hybridized carbons (Fsp3) is 0.421. The van der Waals surface area contributed by atoms with Crippen LogP contribution in [0.5, 0.6) is 0 Å². The summed E-state index contributed by atoms with van der Waals surface area (Å²) in [7, 11) is 0. The molecule has 0 aromatic carbocycles. The number of Topliss-reactive ketones (excluding diaryl/α,β-unsaturated/α-hetero) is 1. The van der Waals surface area contributed by atoms with E-state index >= 15 is 0 Å². The Balaban J connectivity index is 2.00. The van der Waals surface area contributed by atoms with Gasteiger partial charge in [-0.1, -0.05) is 24.8 Å². The van der Waals surface area contributed by atoms with Crippen LogP contribution < -0.4 is 0 Å². The first-order chi connectivity index (χ1) is 11.8. The fourth-order valence-electron chi connectivity index (χ4n) is 3.25. The molecule has 1 aliphatic carbocycles. The number of rotatable bonds is 4. The Morgan fingerprint density at radius 3 is 2.68 bits per heavy atom. The Hall–Kier alpha value is -2.21. The molecule has 0 bridgehead atoms. The van der Waals surface area contributed by atoms with Crippen molar-refractivity contribution in [3.05, 3.63) is 46.8 Å². The van der Waals surface area contributed by atoms with Gasteiger partial charge in [0.25, 0.3) is 0 Å². The summed E-state index contributed by atoms with van der Waals surface area (Å²) in [6.07, 6.45) is 7.79. The monoisotopic (exact) mass is 354 g/mol. The van der Waals surface area contributed by atoms with Gasteiger partial charge in [0.05, 0.1) is 12.5 Å². The second-order valence-corrected chi connectivity index (χ2v) is 7.65. The zero-order valence-electron chi connectivity index (χ0n) is 15.0. The van der Waals surface area contributed by atoms with Crippen LogP contribution in [0.1, 0.15) is 37.5 Å². The summed E-state index contributed by atoms with van der Waals surface area (Å²) in [6.45, 7) is 12.2. The SMILES string of the molecule is C=CC1=C(/C=C/C2C=NC(C)=NC2)C(c2nc(C)ns2)C(=O)C1(C)C. The topological polar surface area (TPSA) is 67.6 Å². The third kappa shape index (κ3) is 3.18. The van der Waals surface area contributed by atoms with Gasteiger partial charge in [0, 0.05) is 17.5 Å². The third-order valence-electron chi connectivity index (χ3n) is 4.67. The Bertz CT molecular complexity index is 841. The van der Waals surface area contributed by atoms with E-state index < -0.39 is 5.41 Å². The quantitative estimate of drug-likeness (QED) is 0.828. The van der Waals surface area contributed by atoms with Gasteiger partial charge in [-0.2, -0.15) is 4.37 Å². The van der Waals surface area contributed by atoms with Crippen molar-refractivity contribution < 1.29 is 4.79 Å². The van der Waals surface area contributed by atoms with Crippen molar-refractivity contribution in [2.45, 2.75) is 33.6 Å². The van der Waals surface area contributed by atoms with Gasteiger partial charge in [-0.25, -0.2) is 9.98 Å². The number of ketones is 1. The number of hydrogen-bond donors (Lipinski definition) is 0. The highest BCUT2D eigenvalue weighted by molar-refractivity contribution is 7.05. The molecule has 2 aliphatic rings. The van der Waals surface area contributed by atoms with Crippen LogP contribution in [0.25, 0.3) is 0 Å². The number of amidine groups is 1. The molecule has 2 atom stereocenters. The Kier molecular flexibility index (Phi) is 4.64. The molecule has 130 valence electrons. The molecule has 1 aromatic heterocycles. The maximum Gasteiger partial charge on any atom is 0.157 e. The van der Waals surface area contributed by atoms with Crippen molar-refractivity contribution in [2.24, 2.45) is 21.3 Å². The van der Waals surface area contributed by atoms with Gasteiger partial charge in [-0.05, 0) is 50.4 Å². The molecule has 1 aromatic rings. The zero-order valence-corrected chi connectivity index (χ0v) is 15.8. The normalized spacial score (nSPS) is 25.8. The van der Waals surface area contributed by atoms with Crippen LogP contribution in [-0.2, 0) is 4.79 Å². The molecule has 0 amide bonds. The minimum Gasteiger partial charge on any atom is -0.298 e. The zero-order chi connectivity index (χ0) is 18.2. The first kappa shape index (κ1) is 17.6. The molecule has 1 aliphatic heterocycles. The number of hydrogen-bond acceptors (Lipinski definition) is 6. The molecular formula is C19H22N4OS. The number of aliphatic imine (C=N–C) groups is 2. The molecule has 0 saturated heterocycles. The summed E-state index contributed by atoms with van der Waals surface area (Å²) >= 11 is 1.30. The van der Waals surface area contributed by atoms with Gasteiger partial charge in [0.1, 0.15) is 16.7 Å². The average Bonchev–Trinajstić information content (AvgIpc) is 3.07. The molecule has 0 spiro atoms. The van der Waals surface area contributed by atoms with Crippen molar-refractivity contribution in [1.29, 1.82) is 0 Å². The van der Waals surface area contributed by atoms with Crippen LogP contribution in [0, 0.1) is 18.3 Å². The fourth-order valence-corrected chi connectivity index (χ4v) is 4.03. The highest BCUT2D eigenvalue weighted by Crippen LogP contribution is 2.48. The lowest BCUT2D eigenvalue weighted by Crippen LogP contribution is -2.24. The maximum absolute atomic E-state index is 13.1. The van der Waals surface area contributed by atoms with Crippen LogP contribution in [0.15, 0.2) is 45.9 Å². The van der Waals surface area contributed by atoms with Gasteiger partial charge in [0.2, 0.25) is 0 Å². The van der Waals surface area contributed by atoms with Crippen LogP contribution >= 0.6 is 11.5 Å². The summed E-state index contributed by atoms with van der Waals surface area (Å²) in [4.78, 5) is 26.2. The second-order valence-electron chi connectivity index (χ2n) is 6.86. The van der Waals surface area contributed by atoms with E-state index in [1.54, 1.807) is 6.08 Å². The Labute approximate surface area is 152 Å². The van der Waals surface area contributed by atoms with Crippen molar-refractivity contribution >= 4 is 29.4 Å². The van der Waals surface area contributed by atoms with Crippen molar-refractivity contribution in [3.8, 4) is 0 Å². The van der Waals surface area contributed by atoms with Crippen LogP contribution in [0.2, 0.25) is 0 Å². The average molecular weight is 354 g/mol. The molecule has 6 heteroatoms. The molecule has 0 radical (unpaired) electrons. The summed E-state index contributed by atoms with van der Waals surface area (Å²) in [6, 6.07) is 0. The van der Waals surface area contributed by atoms with Crippen LogP contribution in [0.3, 0.4) is 0 Å². The molecule has 25 heavy (non-hydrogen) atoms. The number of carbonyl (C=O) groups excluding carboxylic acids is 1. The number of nitrogens with zero attached hydrogens (tertiary/aromatic N) is 4. The van der Waals surface area contributed by atoms with E-state index in [0.717, 1.165) is 22.0 Å². The summed E-state index contributed by atoms with van der Waals surface area (Å²) in [5.41, 5.74) is 1.33. The predicted molar refractivity (Wildman–Crippen MR) is 102 cm³/mol. The smallest absolute Gasteiger partial charge is 0.157 e. The van der Waals surface area contributed by atoms with Gasteiger partial charge in [-0.3, -0.25) is 9.79 Å². The predicted octanol–water partition coefficient (Wildman–Crippen LogP) is 3.70. The lowest BCUT2D eigenvalue weighted by molar-refractivity contribution is -0.124. The molecule has 2 unspecified atom stereocenters. The lowest BCUT2D eigenvalue weighted by Gasteiger charge is -2.18. The Morgan fingerprint density at radius 2 is 2.12 bits per heavy atom. The first-order valence-electron chi connectivity index (χ1n) is 8.29. The highest BCUT2D eigenvalue weighted by atomic mass is 32.1.